The van der Waals surface area contributed by atoms with Crippen molar-refractivity contribution < 1.29 is 14.4 Å². The molecule has 3 rings (SSSR count). The van der Waals surface area contributed by atoms with Gasteiger partial charge in [-0.1, -0.05) is 66.2 Å². The van der Waals surface area contributed by atoms with Crippen LogP contribution >= 0.6 is 11.6 Å². The number of hydrogen-bond acceptors (Lipinski definition) is 3. The van der Waals surface area contributed by atoms with Gasteiger partial charge in [-0.2, -0.15) is 0 Å². The maximum atomic E-state index is 12.8. The Morgan fingerprint density at radius 1 is 0.917 bits per heavy atom. The van der Waals surface area contributed by atoms with Gasteiger partial charge in [0.15, 0.2) is 0 Å². The van der Waals surface area contributed by atoms with E-state index in [4.69, 9.17) is 11.6 Å². The fourth-order valence-electron chi connectivity index (χ4n) is 2.69. The quantitative estimate of drug-likeness (QED) is 0.859. The summed E-state index contributed by atoms with van der Waals surface area (Å²) in [5, 5.41) is -0.218. The number of nitrogens with zero attached hydrogens (tertiary/aromatic N) is 1. The highest BCUT2D eigenvalue weighted by Gasteiger charge is 2.35. The number of fused-ring (bicyclic) bond motifs is 1. The van der Waals surface area contributed by atoms with E-state index < -0.39 is 11.6 Å². The van der Waals surface area contributed by atoms with Crippen LogP contribution in [-0.2, 0) is 11.3 Å². The summed E-state index contributed by atoms with van der Waals surface area (Å²) in [5.74, 6) is -1.21. The molecular formula is C19H14ClNO3. The third-order valence-electron chi connectivity index (χ3n) is 3.87. The molecule has 0 bridgehead atoms. The number of carbonyl (C=O) groups is 3. The lowest BCUT2D eigenvalue weighted by atomic mass is 9.91. The van der Waals surface area contributed by atoms with Crippen molar-refractivity contribution in [2.24, 2.45) is 0 Å². The minimum absolute atomic E-state index is 0.0586. The van der Waals surface area contributed by atoms with Crippen LogP contribution in [0.15, 0.2) is 65.3 Å². The molecule has 0 spiro atoms. The Hall–Kier alpha value is -2.72. The predicted octanol–water partition coefficient (Wildman–Crippen LogP) is 3.56. The second-order valence-corrected chi connectivity index (χ2v) is 5.84. The second kappa shape index (κ2) is 6.42. The molecule has 1 aliphatic rings. The molecule has 0 aromatic heterocycles. The van der Waals surface area contributed by atoms with Gasteiger partial charge in [0, 0.05) is 18.1 Å². The number of allylic oxidation sites excluding steroid dienone is 2. The third-order valence-corrected chi connectivity index (χ3v) is 4.22. The van der Waals surface area contributed by atoms with E-state index in [0.717, 1.165) is 5.56 Å². The Balaban J connectivity index is 2.08. The van der Waals surface area contributed by atoms with Crippen molar-refractivity contribution in [2.45, 2.75) is 13.5 Å². The van der Waals surface area contributed by atoms with Crippen LogP contribution < -0.4 is 0 Å². The number of hydrogen-bond donors (Lipinski definition) is 0. The highest BCUT2D eigenvalue weighted by Crippen LogP contribution is 2.31. The smallest absolute Gasteiger partial charge is 0.224 e. The van der Waals surface area contributed by atoms with Crippen molar-refractivity contribution in [1.29, 1.82) is 0 Å². The zero-order valence-corrected chi connectivity index (χ0v) is 13.7. The van der Waals surface area contributed by atoms with E-state index in [0.29, 0.717) is 0 Å². The predicted molar refractivity (Wildman–Crippen MR) is 90.6 cm³/mol. The molecule has 2 aromatic rings. The average Bonchev–Trinajstić information content (AvgIpc) is 2.60. The molecule has 0 aliphatic heterocycles. The van der Waals surface area contributed by atoms with E-state index in [1.165, 1.54) is 11.8 Å². The van der Waals surface area contributed by atoms with Crippen LogP contribution in [0.2, 0.25) is 0 Å². The largest absolute Gasteiger partial charge is 0.303 e. The first-order chi connectivity index (χ1) is 11.5. The minimum atomic E-state index is -0.443. The number of carbonyl (C=O) groups excluding carboxylic acids is 3. The highest BCUT2D eigenvalue weighted by atomic mass is 35.5. The van der Waals surface area contributed by atoms with Crippen LogP contribution in [0.1, 0.15) is 33.2 Å². The van der Waals surface area contributed by atoms with Gasteiger partial charge >= 0.3 is 0 Å². The highest BCUT2D eigenvalue weighted by molar-refractivity contribution is 6.50. The number of benzene rings is 2. The Morgan fingerprint density at radius 2 is 1.46 bits per heavy atom. The lowest BCUT2D eigenvalue weighted by Crippen LogP contribution is -2.35. The summed E-state index contributed by atoms with van der Waals surface area (Å²) in [5.41, 5.74) is 1.31. The molecule has 5 heteroatoms. The van der Waals surface area contributed by atoms with Crippen LogP contribution in [0.25, 0.3) is 0 Å². The normalized spacial score (nSPS) is 13.8. The molecule has 4 nitrogen and oxygen atoms in total. The van der Waals surface area contributed by atoms with Gasteiger partial charge in [0.05, 0.1) is 6.54 Å². The standard InChI is InChI=1S/C19H14ClNO3/c1-12(22)21(11-13-7-3-2-4-8-13)17-16(20)18(23)14-9-5-6-10-15(14)19(17)24/h2-10H,11H2,1H3. The first kappa shape index (κ1) is 16.1. The molecule has 0 fully saturated rings. The van der Waals surface area contributed by atoms with Crippen molar-refractivity contribution in [3.8, 4) is 0 Å². The molecule has 0 radical (unpaired) electrons. The Kier molecular flexibility index (Phi) is 4.32. The van der Waals surface area contributed by atoms with Gasteiger partial charge in [-0.3, -0.25) is 14.4 Å². The number of rotatable bonds is 3. The van der Waals surface area contributed by atoms with Gasteiger partial charge in [-0.05, 0) is 5.56 Å². The monoisotopic (exact) mass is 339 g/mol. The molecule has 1 aliphatic carbocycles. The number of amides is 1. The molecule has 120 valence electrons. The van der Waals surface area contributed by atoms with E-state index in [2.05, 4.69) is 0 Å². The van der Waals surface area contributed by atoms with Gasteiger partial charge < -0.3 is 4.90 Å². The molecule has 1 amide bonds. The van der Waals surface area contributed by atoms with Crippen molar-refractivity contribution in [1.82, 2.24) is 4.90 Å². The topological polar surface area (TPSA) is 54.5 Å². The summed E-state index contributed by atoms with van der Waals surface area (Å²) in [6.07, 6.45) is 0. The number of halogens is 1. The summed E-state index contributed by atoms with van der Waals surface area (Å²) in [7, 11) is 0. The number of Topliss-reactive ketones (excluding diaryl/α,β-unsaturated/α-hetero) is 2. The molecule has 0 N–H and O–H groups in total. The summed E-state index contributed by atoms with van der Waals surface area (Å²) in [4.78, 5) is 38.7. The van der Waals surface area contributed by atoms with E-state index >= 15 is 0 Å². The Labute approximate surface area is 144 Å². The Morgan fingerprint density at radius 3 is 2.04 bits per heavy atom. The fraction of sp³-hybridized carbons (Fsp3) is 0.105. The molecule has 2 aromatic carbocycles. The average molecular weight is 340 g/mol. The van der Waals surface area contributed by atoms with Crippen LogP contribution in [0.5, 0.6) is 0 Å². The fourth-order valence-corrected chi connectivity index (χ4v) is 2.98. The van der Waals surface area contributed by atoms with Crippen molar-refractivity contribution in [3.63, 3.8) is 0 Å². The molecule has 0 saturated carbocycles. The van der Waals surface area contributed by atoms with Gasteiger partial charge in [0.1, 0.15) is 10.7 Å². The van der Waals surface area contributed by atoms with Gasteiger partial charge in [0.25, 0.3) is 0 Å². The molecule has 0 atom stereocenters. The van der Waals surface area contributed by atoms with E-state index in [-0.39, 0.29) is 34.3 Å². The lowest BCUT2D eigenvalue weighted by Gasteiger charge is -2.27. The van der Waals surface area contributed by atoms with Crippen molar-refractivity contribution in [3.05, 3.63) is 82.0 Å². The van der Waals surface area contributed by atoms with E-state index in [9.17, 15) is 14.4 Å². The molecule has 0 saturated heterocycles. The van der Waals surface area contributed by atoms with Crippen LogP contribution in [0, 0.1) is 0 Å². The first-order valence-electron chi connectivity index (χ1n) is 7.41. The van der Waals surface area contributed by atoms with Crippen molar-refractivity contribution >= 4 is 29.1 Å². The summed E-state index contributed by atoms with van der Waals surface area (Å²) in [6, 6.07) is 15.7. The molecular weight excluding hydrogens is 326 g/mol. The van der Waals surface area contributed by atoms with Crippen molar-refractivity contribution in [2.75, 3.05) is 0 Å². The summed E-state index contributed by atoms with van der Waals surface area (Å²) < 4.78 is 0. The first-order valence-corrected chi connectivity index (χ1v) is 7.78. The molecule has 24 heavy (non-hydrogen) atoms. The Bertz CT molecular complexity index is 871. The molecule has 0 unspecified atom stereocenters. The SMILES string of the molecule is CC(=O)N(Cc1ccccc1)C1=C(Cl)C(=O)c2ccccc2C1=O. The van der Waals surface area contributed by atoms with Gasteiger partial charge in [-0.25, -0.2) is 0 Å². The van der Waals surface area contributed by atoms with Crippen LogP contribution in [0.3, 0.4) is 0 Å². The summed E-state index contributed by atoms with van der Waals surface area (Å²) in [6.45, 7) is 1.52. The lowest BCUT2D eigenvalue weighted by molar-refractivity contribution is -0.127. The minimum Gasteiger partial charge on any atom is -0.303 e. The second-order valence-electron chi connectivity index (χ2n) is 5.46. The van der Waals surface area contributed by atoms with Crippen LogP contribution in [-0.4, -0.2) is 22.4 Å². The van der Waals surface area contributed by atoms with Gasteiger partial charge in [0.2, 0.25) is 17.5 Å². The zero-order chi connectivity index (χ0) is 17.3. The van der Waals surface area contributed by atoms with E-state index in [1.807, 2.05) is 30.3 Å². The van der Waals surface area contributed by atoms with Crippen LogP contribution in [0.4, 0.5) is 0 Å². The third kappa shape index (κ3) is 2.76. The van der Waals surface area contributed by atoms with E-state index in [1.54, 1.807) is 24.3 Å². The van der Waals surface area contributed by atoms with Gasteiger partial charge in [-0.15, -0.1) is 0 Å². The maximum absolute atomic E-state index is 12.8. The maximum Gasteiger partial charge on any atom is 0.224 e. The molecule has 0 heterocycles. The summed E-state index contributed by atoms with van der Waals surface area (Å²) >= 11 is 6.18. The number of ketones is 2. The zero-order valence-electron chi connectivity index (χ0n) is 13.0.